The van der Waals surface area contributed by atoms with Crippen LogP contribution in [0.4, 0.5) is 5.69 Å². The van der Waals surface area contributed by atoms with Crippen molar-refractivity contribution in [3.63, 3.8) is 0 Å². The molecule has 1 aliphatic heterocycles. The summed E-state index contributed by atoms with van der Waals surface area (Å²) < 4.78 is 7.77. The second kappa shape index (κ2) is 9.17. The molecule has 8 heteroatoms. The van der Waals surface area contributed by atoms with Crippen molar-refractivity contribution in [2.75, 3.05) is 44.7 Å². The number of likely N-dealkylation sites (N-methyl/N-ethyl adjacent to an activating group) is 1. The zero-order valence-corrected chi connectivity index (χ0v) is 19.9. The Balaban J connectivity index is 1.54. The molecule has 1 aromatic carbocycles. The first-order valence-corrected chi connectivity index (χ1v) is 12.2. The van der Waals surface area contributed by atoms with Crippen LogP contribution in [0.5, 0.6) is 5.75 Å². The lowest BCUT2D eigenvalue weighted by atomic mass is 9.86. The quantitative estimate of drug-likeness (QED) is 0.641. The first-order chi connectivity index (χ1) is 16.0. The Morgan fingerprint density at radius 1 is 1.09 bits per heavy atom. The molecule has 1 aliphatic carbocycles. The van der Waals surface area contributed by atoms with E-state index in [4.69, 9.17) is 14.8 Å². The highest BCUT2D eigenvalue weighted by Crippen LogP contribution is 2.36. The fourth-order valence-electron chi connectivity index (χ4n) is 5.22. The Morgan fingerprint density at radius 2 is 1.85 bits per heavy atom. The number of rotatable bonds is 5. The molecule has 2 fully saturated rings. The van der Waals surface area contributed by atoms with Crippen LogP contribution >= 0.6 is 0 Å². The number of aromatic amines is 1. The third-order valence-corrected chi connectivity index (χ3v) is 7.10. The number of aromatic nitrogens is 4. The SMILES string of the molecule is CCOc1cc(N2CCN(C)CC2)ccc1-c1nc2c(c(C3CCCCC3)nn2C)c(=O)[nH]1. The van der Waals surface area contributed by atoms with Gasteiger partial charge in [-0.05, 0) is 38.9 Å². The van der Waals surface area contributed by atoms with E-state index in [0.29, 0.717) is 29.4 Å². The van der Waals surface area contributed by atoms with E-state index in [1.54, 1.807) is 4.68 Å². The number of aryl methyl sites for hydroxylation is 1. The molecule has 1 saturated heterocycles. The lowest BCUT2D eigenvalue weighted by Crippen LogP contribution is -2.44. The van der Waals surface area contributed by atoms with Crippen molar-refractivity contribution in [1.82, 2.24) is 24.6 Å². The van der Waals surface area contributed by atoms with Crippen LogP contribution in [-0.4, -0.2) is 64.5 Å². The van der Waals surface area contributed by atoms with Gasteiger partial charge in [0.25, 0.3) is 5.56 Å². The van der Waals surface area contributed by atoms with Crippen molar-refractivity contribution in [1.29, 1.82) is 0 Å². The average Bonchev–Trinajstić information content (AvgIpc) is 3.17. The number of ether oxygens (including phenoxy) is 1. The van der Waals surface area contributed by atoms with Crippen molar-refractivity contribution in [3.05, 3.63) is 34.2 Å². The summed E-state index contributed by atoms with van der Waals surface area (Å²) in [5.74, 6) is 1.61. The first-order valence-electron chi connectivity index (χ1n) is 12.2. The molecule has 0 spiro atoms. The van der Waals surface area contributed by atoms with Gasteiger partial charge in [-0.2, -0.15) is 5.10 Å². The minimum atomic E-state index is -0.116. The molecule has 33 heavy (non-hydrogen) atoms. The van der Waals surface area contributed by atoms with Gasteiger partial charge in [0.05, 0.1) is 17.9 Å². The van der Waals surface area contributed by atoms with Crippen LogP contribution in [0.25, 0.3) is 22.4 Å². The fraction of sp³-hybridized carbons (Fsp3) is 0.560. The molecule has 1 saturated carbocycles. The topological polar surface area (TPSA) is 79.3 Å². The summed E-state index contributed by atoms with van der Waals surface area (Å²) >= 11 is 0. The third-order valence-electron chi connectivity index (χ3n) is 7.10. The summed E-state index contributed by atoms with van der Waals surface area (Å²) in [5.41, 5.74) is 3.37. The van der Waals surface area contributed by atoms with Crippen LogP contribution in [0.2, 0.25) is 0 Å². The minimum Gasteiger partial charge on any atom is -0.493 e. The zero-order valence-electron chi connectivity index (χ0n) is 19.9. The van der Waals surface area contributed by atoms with Gasteiger partial charge >= 0.3 is 0 Å². The smallest absolute Gasteiger partial charge is 0.262 e. The van der Waals surface area contributed by atoms with E-state index in [1.165, 1.54) is 19.3 Å². The Kier molecular flexibility index (Phi) is 6.10. The number of nitrogens with one attached hydrogen (secondary N) is 1. The van der Waals surface area contributed by atoms with Gasteiger partial charge in [-0.15, -0.1) is 0 Å². The van der Waals surface area contributed by atoms with E-state index in [1.807, 2.05) is 20.0 Å². The summed E-state index contributed by atoms with van der Waals surface area (Å²) in [7, 11) is 4.03. The Labute approximate surface area is 194 Å². The molecule has 3 aromatic rings. The molecule has 0 bridgehead atoms. The first kappa shape index (κ1) is 21.9. The number of piperazine rings is 1. The van der Waals surface area contributed by atoms with E-state index in [-0.39, 0.29) is 5.56 Å². The summed E-state index contributed by atoms with van der Waals surface area (Å²) in [4.78, 5) is 25.9. The lowest BCUT2D eigenvalue weighted by Gasteiger charge is -2.34. The summed E-state index contributed by atoms with van der Waals surface area (Å²) in [6, 6.07) is 6.19. The lowest BCUT2D eigenvalue weighted by molar-refractivity contribution is 0.312. The number of fused-ring (bicyclic) bond motifs is 1. The maximum Gasteiger partial charge on any atom is 0.262 e. The van der Waals surface area contributed by atoms with E-state index < -0.39 is 0 Å². The van der Waals surface area contributed by atoms with Crippen LogP contribution in [0.1, 0.15) is 50.6 Å². The van der Waals surface area contributed by atoms with Gasteiger partial charge in [0.1, 0.15) is 17.0 Å². The molecule has 0 radical (unpaired) electrons. The number of benzene rings is 1. The number of hydrogen-bond acceptors (Lipinski definition) is 6. The third kappa shape index (κ3) is 4.24. The van der Waals surface area contributed by atoms with Gasteiger partial charge < -0.3 is 19.5 Å². The predicted molar refractivity (Wildman–Crippen MR) is 131 cm³/mol. The summed E-state index contributed by atoms with van der Waals surface area (Å²) in [5, 5.41) is 5.38. The Morgan fingerprint density at radius 3 is 2.58 bits per heavy atom. The monoisotopic (exact) mass is 450 g/mol. The van der Waals surface area contributed by atoms with Crippen LogP contribution in [0.15, 0.2) is 23.0 Å². The molecule has 1 N–H and O–H groups in total. The van der Waals surface area contributed by atoms with E-state index in [0.717, 1.165) is 61.7 Å². The summed E-state index contributed by atoms with van der Waals surface area (Å²) in [6.07, 6.45) is 5.85. The molecule has 2 aliphatic rings. The molecule has 176 valence electrons. The van der Waals surface area contributed by atoms with Crippen LogP contribution < -0.4 is 15.2 Å². The fourth-order valence-corrected chi connectivity index (χ4v) is 5.22. The normalized spacial score (nSPS) is 18.2. The van der Waals surface area contributed by atoms with Crippen molar-refractivity contribution < 1.29 is 4.74 Å². The van der Waals surface area contributed by atoms with E-state index in [2.05, 4.69) is 34.0 Å². The molecule has 3 heterocycles. The second-order valence-electron chi connectivity index (χ2n) is 9.36. The summed E-state index contributed by atoms with van der Waals surface area (Å²) in [6.45, 7) is 6.58. The molecule has 2 aromatic heterocycles. The highest BCUT2D eigenvalue weighted by atomic mass is 16.5. The van der Waals surface area contributed by atoms with Gasteiger partial charge in [0, 0.05) is 50.9 Å². The van der Waals surface area contributed by atoms with Gasteiger partial charge in [-0.3, -0.25) is 4.79 Å². The van der Waals surface area contributed by atoms with E-state index >= 15 is 0 Å². The van der Waals surface area contributed by atoms with Gasteiger partial charge in [-0.1, -0.05) is 19.3 Å². The van der Waals surface area contributed by atoms with Crippen molar-refractivity contribution in [3.8, 4) is 17.1 Å². The van der Waals surface area contributed by atoms with Gasteiger partial charge in [0.15, 0.2) is 5.65 Å². The van der Waals surface area contributed by atoms with Gasteiger partial charge in [-0.25, -0.2) is 9.67 Å². The van der Waals surface area contributed by atoms with Crippen LogP contribution in [-0.2, 0) is 7.05 Å². The number of hydrogen-bond donors (Lipinski definition) is 1. The van der Waals surface area contributed by atoms with Gasteiger partial charge in [0.2, 0.25) is 0 Å². The zero-order chi connectivity index (χ0) is 22.9. The van der Waals surface area contributed by atoms with Crippen LogP contribution in [0.3, 0.4) is 0 Å². The number of H-pyrrole nitrogens is 1. The van der Waals surface area contributed by atoms with Crippen molar-refractivity contribution in [2.45, 2.75) is 44.9 Å². The highest BCUT2D eigenvalue weighted by molar-refractivity contribution is 5.81. The molecule has 0 unspecified atom stereocenters. The van der Waals surface area contributed by atoms with E-state index in [9.17, 15) is 4.79 Å². The minimum absolute atomic E-state index is 0.116. The maximum absolute atomic E-state index is 13.3. The standard InChI is InChI=1S/C25H34N6O2/c1-4-33-20-16-18(31-14-12-29(2)13-15-31)10-11-19(20)23-26-24-21(25(32)27-23)22(28-30(24)3)17-8-6-5-7-9-17/h10-11,16-17H,4-9,12-15H2,1-3H3,(H,26,27,32). The molecule has 0 atom stereocenters. The molecule has 0 amide bonds. The van der Waals surface area contributed by atoms with Crippen molar-refractivity contribution in [2.24, 2.45) is 7.05 Å². The predicted octanol–water partition coefficient (Wildman–Crippen LogP) is 3.52. The Bertz CT molecular complexity index is 1190. The molecule has 5 rings (SSSR count). The van der Waals surface area contributed by atoms with Crippen molar-refractivity contribution >= 4 is 16.7 Å². The number of anilines is 1. The Hall–Kier alpha value is -2.87. The average molecular weight is 451 g/mol. The maximum atomic E-state index is 13.3. The molecule has 8 nitrogen and oxygen atoms in total. The highest BCUT2D eigenvalue weighted by Gasteiger charge is 2.25. The number of nitrogens with zero attached hydrogens (tertiary/aromatic N) is 5. The van der Waals surface area contributed by atoms with Crippen LogP contribution in [0, 0.1) is 0 Å². The second-order valence-corrected chi connectivity index (χ2v) is 9.36. The molecular formula is C25H34N6O2. The largest absolute Gasteiger partial charge is 0.493 e. The molecular weight excluding hydrogens is 416 g/mol.